The largest absolute Gasteiger partial charge is 0.368 e. The highest BCUT2D eigenvalue weighted by atomic mass is 127. The minimum absolute atomic E-state index is 0. The summed E-state index contributed by atoms with van der Waals surface area (Å²) in [5.74, 6) is 0.761. The Morgan fingerprint density at radius 2 is 1.92 bits per heavy atom. The second kappa shape index (κ2) is 10.1. The predicted molar refractivity (Wildman–Crippen MR) is 117 cm³/mol. The highest BCUT2D eigenvalue weighted by molar-refractivity contribution is 14.0. The molecule has 0 atom stereocenters. The van der Waals surface area contributed by atoms with Crippen molar-refractivity contribution in [2.75, 3.05) is 37.6 Å². The van der Waals surface area contributed by atoms with Crippen LogP contribution in [0.1, 0.15) is 17.5 Å². The summed E-state index contributed by atoms with van der Waals surface area (Å²) in [6, 6.07) is 6.73. The monoisotopic (exact) mass is 489 g/mol. The Bertz CT molecular complexity index is 711. The second-order valence-electron chi connectivity index (χ2n) is 5.98. The van der Waals surface area contributed by atoms with Crippen molar-refractivity contribution in [3.8, 4) is 0 Å². The lowest BCUT2D eigenvalue weighted by Crippen LogP contribution is -2.52. The maximum Gasteiger partial charge on any atom is 0.194 e. The molecule has 26 heavy (non-hydrogen) atoms. The van der Waals surface area contributed by atoms with Crippen molar-refractivity contribution in [1.29, 1.82) is 0 Å². The molecule has 0 spiro atoms. The van der Waals surface area contributed by atoms with Gasteiger partial charge in [-0.1, -0.05) is 0 Å². The number of rotatable bonds is 4. The van der Waals surface area contributed by atoms with Gasteiger partial charge in [-0.2, -0.15) is 0 Å². The summed E-state index contributed by atoms with van der Waals surface area (Å²) in [4.78, 5) is 14.9. The van der Waals surface area contributed by atoms with E-state index in [-0.39, 0.29) is 29.8 Å². The smallest absolute Gasteiger partial charge is 0.194 e. The Kier molecular flexibility index (Phi) is 8.08. The minimum Gasteiger partial charge on any atom is -0.368 e. The summed E-state index contributed by atoms with van der Waals surface area (Å²) in [6.07, 6.45) is 0. The van der Waals surface area contributed by atoms with E-state index in [9.17, 15) is 4.39 Å². The van der Waals surface area contributed by atoms with Gasteiger partial charge >= 0.3 is 0 Å². The van der Waals surface area contributed by atoms with Crippen molar-refractivity contribution < 1.29 is 4.39 Å². The van der Waals surface area contributed by atoms with Crippen LogP contribution >= 0.6 is 35.3 Å². The number of aromatic nitrogens is 1. The van der Waals surface area contributed by atoms with Crippen molar-refractivity contribution in [3.63, 3.8) is 0 Å². The van der Waals surface area contributed by atoms with Gasteiger partial charge in [0.2, 0.25) is 0 Å². The molecule has 0 radical (unpaired) electrons. The van der Waals surface area contributed by atoms with Gasteiger partial charge in [-0.25, -0.2) is 14.4 Å². The van der Waals surface area contributed by atoms with Crippen molar-refractivity contribution in [2.45, 2.75) is 20.4 Å². The maximum atomic E-state index is 13.1. The summed E-state index contributed by atoms with van der Waals surface area (Å²) in [6.45, 7) is 9.20. The zero-order valence-corrected chi connectivity index (χ0v) is 18.3. The van der Waals surface area contributed by atoms with Gasteiger partial charge < -0.3 is 15.1 Å². The molecule has 1 fully saturated rings. The van der Waals surface area contributed by atoms with Gasteiger partial charge in [0.25, 0.3) is 0 Å². The Balaban J connectivity index is 0.00000243. The van der Waals surface area contributed by atoms with Crippen LogP contribution in [0.4, 0.5) is 10.1 Å². The fraction of sp³-hybridized carbons (Fsp3) is 0.444. The van der Waals surface area contributed by atoms with E-state index >= 15 is 0 Å². The Morgan fingerprint density at radius 3 is 2.50 bits per heavy atom. The van der Waals surface area contributed by atoms with Crippen LogP contribution in [0, 0.1) is 12.7 Å². The first-order valence-corrected chi connectivity index (χ1v) is 9.48. The van der Waals surface area contributed by atoms with E-state index in [2.05, 4.69) is 27.0 Å². The number of benzene rings is 1. The van der Waals surface area contributed by atoms with Crippen LogP contribution in [-0.2, 0) is 6.54 Å². The summed E-state index contributed by atoms with van der Waals surface area (Å²) in [7, 11) is 0. The number of guanidine groups is 1. The molecule has 0 bridgehead atoms. The van der Waals surface area contributed by atoms with Gasteiger partial charge in [-0.05, 0) is 38.1 Å². The number of anilines is 1. The van der Waals surface area contributed by atoms with E-state index in [1.165, 1.54) is 17.0 Å². The first-order chi connectivity index (χ1) is 12.2. The molecular formula is C18H25FIN5S. The third-order valence-electron chi connectivity index (χ3n) is 4.32. The molecule has 1 aromatic heterocycles. The van der Waals surface area contributed by atoms with Crippen molar-refractivity contribution in [2.24, 2.45) is 4.99 Å². The van der Waals surface area contributed by atoms with Crippen LogP contribution in [0.3, 0.4) is 0 Å². The van der Waals surface area contributed by atoms with Crippen LogP contribution < -0.4 is 10.2 Å². The number of hydrogen-bond donors (Lipinski definition) is 1. The lowest BCUT2D eigenvalue weighted by molar-refractivity contribution is 0.372. The molecule has 2 heterocycles. The van der Waals surface area contributed by atoms with Gasteiger partial charge in [-0.15, -0.1) is 35.3 Å². The molecule has 1 aliphatic heterocycles. The van der Waals surface area contributed by atoms with Gasteiger partial charge in [0, 0.05) is 43.3 Å². The topological polar surface area (TPSA) is 43.8 Å². The third kappa shape index (κ3) is 5.29. The van der Waals surface area contributed by atoms with E-state index < -0.39 is 0 Å². The van der Waals surface area contributed by atoms with Crippen molar-refractivity contribution in [3.05, 3.63) is 46.2 Å². The molecule has 3 rings (SSSR count). The average Bonchev–Trinajstić information content (AvgIpc) is 3.04. The normalized spacial score (nSPS) is 15.0. The number of nitrogens with zero attached hydrogens (tertiary/aromatic N) is 4. The van der Waals surface area contributed by atoms with E-state index in [1.54, 1.807) is 11.3 Å². The molecule has 5 nitrogen and oxygen atoms in total. The summed E-state index contributed by atoms with van der Waals surface area (Å²) in [5, 5.41) is 3.39. The number of nitrogens with one attached hydrogen (secondary N) is 1. The Morgan fingerprint density at radius 1 is 1.23 bits per heavy atom. The molecule has 8 heteroatoms. The zero-order valence-electron chi connectivity index (χ0n) is 15.1. The Hall–Kier alpha value is -1.42. The van der Waals surface area contributed by atoms with Gasteiger partial charge in [-0.3, -0.25) is 0 Å². The lowest BCUT2D eigenvalue weighted by atomic mass is 10.2. The van der Waals surface area contributed by atoms with E-state index in [0.29, 0.717) is 6.54 Å². The van der Waals surface area contributed by atoms with Gasteiger partial charge in [0.05, 0.1) is 17.7 Å². The summed E-state index contributed by atoms with van der Waals surface area (Å²) in [5.41, 5.74) is 4.00. The predicted octanol–water partition coefficient (Wildman–Crippen LogP) is 3.50. The second-order valence-corrected chi connectivity index (χ2v) is 6.92. The van der Waals surface area contributed by atoms with Crippen LogP contribution in [0.15, 0.2) is 34.8 Å². The molecule has 0 aliphatic carbocycles. The third-order valence-corrected chi connectivity index (χ3v) is 5.24. The van der Waals surface area contributed by atoms with Gasteiger partial charge in [0.15, 0.2) is 5.96 Å². The molecular weight excluding hydrogens is 464 g/mol. The number of piperazine rings is 1. The number of thiazole rings is 1. The van der Waals surface area contributed by atoms with Crippen LogP contribution in [-0.4, -0.2) is 48.6 Å². The fourth-order valence-electron chi connectivity index (χ4n) is 2.88. The fourth-order valence-corrected chi connectivity index (χ4v) is 3.58. The highest BCUT2D eigenvalue weighted by Gasteiger charge is 2.20. The molecule has 1 saturated heterocycles. The average molecular weight is 489 g/mol. The first kappa shape index (κ1) is 20.9. The summed E-state index contributed by atoms with van der Waals surface area (Å²) < 4.78 is 13.1. The lowest BCUT2D eigenvalue weighted by Gasteiger charge is -2.37. The van der Waals surface area contributed by atoms with E-state index in [4.69, 9.17) is 4.99 Å². The summed E-state index contributed by atoms with van der Waals surface area (Å²) >= 11 is 1.65. The van der Waals surface area contributed by atoms with Crippen LogP contribution in [0.25, 0.3) is 0 Å². The maximum absolute atomic E-state index is 13.1. The number of halogens is 2. The first-order valence-electron chi connectivity index (χ1n) is 8.60. The van der Waals surface area contributed by atoms with Crippen LogP contribution in [0.2, 0.25) is 0 Å². The molecule has 1 N–H and O–H groups in total. The van der Waals surface area contributed by atoms with Crippen molar-refractivity contribution in [1.82, 2.24) is 15.2 Å². The van der Waals surface area contributed by atoms with E-state index in [0.717, 1.165) is 50.1 Å². The molecule has 0 saturated carbocycles. The quantitative estimate of drug-likeness (QED) is 0.406. The molecule has 1 aliphatic rings. The van der Waals surface area contributed by atoms with Crippen LogP contribution in [0.5, 0.6) is 0 Å². The zero-order chi connectivity index (χ0) is 17.6. The molecule has 142 valence electrons. The standard InChI is InChI=1S/C18H24FN5S.HI/c1-3-20-18(21-12-17-14(2)22-13-25-17)24-10-8-23(9-11-24)16-6-4-15(19)5-7-16;/h4-7,13H,3,8-12H2,1-2H3,(H,20,21);1H. The Labute approximate surface area is 175 Å². The number of hydrogen-bond acceptors (Lipinski definition) is 4. The highest BCUT2D eigenvalue weighted by Crippen LogP contribution is 2.17. The minimum atomic E-state index is -0.192. The SMILES string of the molecule is CCNC(=NCc1scnc1C)N1CCN(c2ccc(F)cc2)CC1.I. The molecule has 2 aromatic rings. The van der Waals surface area contributed by atoms with Crippen molar-refractivity contribution >= 4 is 47.0 Å². The number of aryl methyl sites for hydroxylation is 1. The molecule has 0 amide bonds. The van der Waals surface area contributed by atoms with E-state index in [1.807, 2.05) is 24.6 Å². The molecule has 1 aromatic carbocycles. The molecule has 0 unspecified atom stereocenters. The number of aliphatic imine (C=N–C) groups is 1. The van der Waals surface area contributed by atoms with Gasteiger partial charge in [0.1, 0.15) is 5.82 Å².